The summed E-state index contributed by atoms with van der Waals surface area (Å²) < 4.78 is 0. The molecule has 1 aromatic rings. The highest BCUT2D eigenvalue weighted by Gasteiger charge is 2.02. The summed E-state index contributed by atoms with van der Waals surface area (Å²) >= 11 is 0. The molecule has 0 spiro atoms. The minimum absolute atomic E-state index is 0.183. The molecule has 6 nitrogen and oxygen atoms in total. The van der Waals surface area contributed by atoms with Crippen molar-refractivity contribution in [2.45, 2.75) is 0 Å². The maximum absolute atomic E-state index is 11.3. The van der Waals surface area contributed by atoms with Crippen LogP contribution in [0.1, 0.15) is 10.4 Å². The number of hydrogen-bond acceptors (Lipinski definition) is 5. The van der Waals surface area contributed by atoms with Crippen molar-refractivity contribution in [3.8, 4) is 0 Å². The van der Waals surface area contributed by atoms with Gasteiger partial charge in [0.25, 0.3) is 5.91 Å². The number of carbonyl (C=O) groups excluding carboxylic acids is 1. The monoisotopic (exact) mass is 197 g/mol. The molecule has 1 aromatic heterocycles. The van der Waals surface area contributed by atoms with Crippen LogP contribution in [0, 0.1) is 0 Å². The summed E-state index contributed by atoms with van der Waals surface area (Å²) in [7, 11) is 0. The van der Waals surface area contributed by atoms with Crippen LogP contribution in [0.15, 0.2) is 24.5 Å². The van der Waals surface area contributed by atoms with Gasteiger partial charge in [-0.25, -0.2) is 0 Å². The first-order chi connectivity index (χ1) is 6.84. The van der Waals surface area contributed by atoms with E-state index in [0.29, 0.717) is 12.1 Å². The van der Waals surface area contributed by atoms with E-state index in [1.165, 1.54) is 11.8 Å². The summed E-state index contributed by atoms with van der Waals surface area (Å²) in [4.78, 5) is 19.5. The van der Waals surface area contributed by atoms with Crippen molar-refractivity contribution in [2.24, 2.45) is 0 Å². The highest BCUT2D eigenvalue weighted by atomic mass is 16.8. The molecule has 1 heterocycles. The fourth-order valence-electron chi connectivity index (χ4n) is 0.860. The molecule has 0 aliphatic heterocycles. The van der Waals surface area contributed by atoms with Crippen LogP contribution in [0.5, 0.6) is 0 Å². The van der Waals surface area contributed by atoms with Gasteiger partial charge in [0, 0.05) is 18.9 Å². The van der Waals surface area contributed by atoms with E-state index in [9.17, 15) is 4.79 Å². The predicted molar refractivity (Wildman–Crippen MR) is 47.4 cm³/mol. The molecular weight excluding hydrogens is 186 g/mol. The normalized spacial score (nSPS) is 9.79. The van der Waals surface area contributed by atoms with Crippen molar-refractivity contribution in [2.75, 3.05) is 13.2 Å². The minimum Gasteiger partial charge on any atom is -0.350 e. The Bertz CT molecular complexity index is 278. The van der Waals surface area contributed by atoms with Crippen molar-refractivity contribution < 1.29 is 14.8 Å². The van der Waals surface area contributed by atoms with Crippen LogP contribution in [-0.4, -0.2) is 29.3 Å². The van der Waals surface area contributed by atoms with E-state index >= 15 is 0 Å². The molecule has 0 saturated heterocycles. The fourth-order valence-corrected chi connectivity index (χ4v) is 0.860. The standard InChI is InChI=1S/C8H11N3O3/c12-8(10-4-5-14-11-13)7-2-1-3-9-6-7/h1-3,6,11,13H,4-5H2,(H,10,12). The van der Waals surface area contributed by atoms with Crippen LogP contribution in [-0.2, 0) is 4.84 Å². The highest BCUT2D eigenvalue weighted by Crippen LogP contribution is 1.93. The van der Waals surface area contributed by atoms with Gasteiger partial charge in [0.2, 0.25) is 0 Å². The summed E-state index contributed by atoms with van der Waals surface area (Å²) in [6, 6.07) is 3.34. The van der Waals surface area contributed by atoms with Gasteiger partial charge in [-0.1, -0.05) is 5.64 Å². The number of carbonyl (C=O) groups is 1. The molecule has 3 N–H and O–H groups in total. The lowest BCUT2D eigenvalue weighted by molar-refractivity contribution is -0.125. The number of nitrogens with zero attached hydrogens (tertiary/aromatic N) is 1. The van der Waals surface area contributed by atoms with Crippen molar-refractivity contribution in [1.82, 2.24) is 15.9 Å². The molecule has 6 heteroatoms. The molecule has 0 bridgehead atoms. The average Bonchev–Trinajstić information content (AvgIpc) is 2.25. The molecule has 0 aliphatic rings. The van der Waals surface area contributed by atoms with Crippen LogP contribution in [0.4, 0.5) is 0 Å². The third-order valence-electron chi connectivity index (χ3n) is 1.48. The lowest BCUT2D eigenvalue weighted by Crippen LogP contribution is -2.28. The molecule has 0 saturated carbocycles. The van der Waals surface area contributed by atoms with Gasteiger partial charge in [-0.05, 0) is 12.1 Å². The van der Waals surface area contributed by atoms with Crippen molar-refractivity contribution in [1.29, 1.82) is 0 Å². The molecular formula is C8H11N3O3. The van der Waals surface area contributed by atoms with E-state index in [4.69, 9.17) is 5.21 Å². The summed E-state index contributed by atoms with van der Waals surface area (Å²) in [6.45, 7) is 0.490. The molecule has 1 amide bonds. The third-order valence-corrected chi connectivity index (χ3v) is 1.48. The van der Waals surface area contributed by atoms with Crippen LogP contribution in [0.25, 0.3) is 0 Å². The smallest absolute Gasteiger partial charge is 0.252 e. The second-order valence-corrected chi connectivity index (χ2v) is 2.44. The predicted octanol–water partition coefficient (Wildman–Crippen LogP) is -0.278. The van der Waals surface area contributed by atoms with Gasteiger partial charge in [0.05, 0.1) is 12.2 Å². The summed E-state index contributed by atoms with van der Waals surface area (Å²) in [5.41, 5.74) is 2.01. The zero-order chi connectivity index (χ0) is 10.2. The summed E-state index contributed by atoms with van der Waals surface area (Å²) in [5, 5.41) is 10.6. The molecule has 14 heavy (non-hydrogen) atoms. The summed E-state index contributed by atoms with van der Waals surface area (Å²) in [6.07, 6.45) is 3.07. The topological polar surface area (TPSA) is 83.5 Å². The van der Waals surface area contributed by atoms with Crippen molar-refractivity contribution in [3.05, 3.63) is 30.1 Å². The number of hydrogen-bond donors (Lipinski definition) is 3. The van der Waals surface area contributed by atoms with Gasteiger partial charge in [-0.3, -0.25) is 19.8 Å². The van der Waals surface area contributed by atoms with Gasteiger partial charge in [-0.15, -0.1) is 0 Å². The molecule has 0 aromatic carbocycles. The van der Waals surface area contributed by atoms with E-state index in [1.807, 2.05) is 0 Å². The van der Waals surface area contributed by atoms with Gasteiger partial charge >= 0.3 is 0 Å². The number of aromatic nitrogens is 1. The third kappa shape index (κ3) is 3.48. The van der Waals surface area contributed by atoms with Crippen LogP contribution >= 0.6 is 0 Å². The quantitative estimate of drug-likeness (QED) is 0.446. The Morgan fingerprint density at radius 2 is 2.50 bits per heavy atom. The van der Waals surface area contributed by atoms with Crippen molar-refractivity contribution >= 4 is 5.91 Å². The van der Waals surface area contributed by atoms with E-state index in [0.717, 1.165) is 0 Å². The Labute approximate surface area is 80.8 Å². The number of amides is 1. The molecule has 0 unspecified atom stereocenters. The first-order valence-electron chi connectivity index (χ1n) is 4.03. The number of nitrogens with one attached hydrogen (secondary N) is 2. The van der Waals surface area contributed by atoms with Crippen LogP contribution in [0.3, 0.4) is 0 Å². The lowest BCUT2D eigenvalue weighted by Gasteiger charge is -2.03. The molecule has 1 rings (SSSR count). The second-order valence-electron chi connectivity index (χ2n) is 2.44. The maximum Gasteiger partial charge on any atom is 0.252 e. The van der Waals surface area contributed by atoms with E-state index < -0.39 is 0 Å². The lowest BCUT2D eigenvalue weighted by atomic mass is 10.3. The zero-order valence-electron chi connectivity index (χ0n) is 7.43. The average molecular weight is 197 g/mol. The molecule has 76 valence electrons. The second kappa shape index (κ2) is 6.03. The Balaban J connectivity index is 2.29. The largest absolute Gasteiger partial charge is 0.350 e. The van der Waals surface area contributed by atoms with E-state index in [1.54, 1.807) is 18.3 Å². The minimum atomic E-state index is -0.223. The van der Waals surface area contributed by atoms with Gasteiger partial charge < -0.3 is 5.32 Å². The number of pyridine rings is 1. The Kier molecular flexibility index (Phi) is 4.56. The van der Waals surface area contributed by atoms with E-state index in [2.05, 4.69) is 15.1 Å². The SMILES string of the molecule is O=C(NCCONO)c1cccnc1. The molecule has 0 aliphatic carbocycles. The Hall–Kier alpha value is -1.50. The Morgan fingerprint density at radius 1 is 1.64 bits per heavy atom. The fraction of sp³-hybridized carbons (Fsp3) is 0.250. The van der Waals surface area contributed by atoms with Crippen LogP contribution in [0.2, 0.25) is 0 Å². The number of rotatable bonds is 5. The van der Waals surface area contributed by atoms with Crippen molar-refractivity contribution in [3.63, 3.8) is 0 Å². The van der Waals surface area contributed by atoms with E-state index in [-0.39, 0.29) is 12.5 Å². The first-order valence-corrected chi connectivity index (χ1v) is 4.03. The van der Waals surface area contributed by atoms with Gasteiger partial charge in [-0.2, -0.15) is 0 Å². The van der Waals surface area contributed by atoms with Crippen LogP contribution < -0.4 is 11.0 Å². The highest BCUT2D eigenvalue weighted by molar-refractivity contribution is 5.93. The maximum atomic E-state index is 11.3. The molecule has 0 radical (unpaired) electrons. The molecule has 0 fully saturated rings. The Morgan fingerprint density at radius 3 is 3.14 bits per heavy atom. The molecule has 0 atom stereocenters. The zero-order valence-corrected chi connectivity index (χ0v) is 7.43. The first kappa shape index (κ1) is 10.6. The van der Waals surface area contributed by atoms with Gasteiger partial charge in [0.15, 0.2) is 0 Å². The van der Waals surface area contributed by atoms with Gasteiger partial charge in [0.1, 0.15) is 0 Å². The summed E-state index contributed by atoms with van der Waals surface area (Å²) in [5.74, 6) is -0.223.